The normalized spacial score (nSPS) is 25.7. The lowest BCUT2D eigenvalue weighted by Crippen LogP contribution is -2.50. The summed E-state index contributed by atoms with van der Waals surface area (Å²) in [5, 5.41) is 0. The van der Waals surface area contributed by atoms with E-state index in [0.29, 0.717) is 6.54 Å². The van der Waals surface area contributed by atoms with E-state index in [1.807, 2.05) is 4.90 Å². The molecule has 1 aliphatic heterocycles. The fraction of sp³-hybridized carbons (Fsp3) is 0.923. The van der Waals surface area contributed by atoms with Crippen molar-refractivity contribution in [1.82, 2.24) is 9.62 Å². The maximum absolute atomic E-state index is 12.5. The zero-order chi connectivity index (χ0) is 13.9. The molecule has 110 valence electrons. The molecular weight excluding hydrogens is 264 g/mol. The van der Waals surface area contributed by atoms with Crippen molar-refractivity contribution in [3.63, 3.8) is 0 Å². The molecule has 2 aliphatic rings. The fourth-order valence-electron chi connectivity index (χ4n) is 3.16. The molecule has 1 N–H and O–H groups in total. The Labute approximate surface area is 115 Å². The number of carbonyl (C=O) groups excluding carboxylic acids is 1. The van der Waals surface area contributed by atoms with Gasteiger partial charge in [0.2, 0.25) is 15.9 Å². The number of carbonyl (C=O) groups is 1. The third-order valence-corrected chi connectivity index (χ3v) is 4.89. The van der Waals surface area contributed by atoms with E-state index < -0.39 is 10.0 Å². The molecule has 19 heavy (non-hydrogen) atoms. The second-order valence-corrected chi connectivity index (χ2v) is 7.62. The minimum Gasteiger partial charge on any atom is -0.338 e. The first kappa shape index (κ1) is 14.8. The van der Waals surface area contributed by atoms with Crippen molar-refractivity contribution in [3.8, 4) is 0 Å². The molecule has 1 aliphatic carbocycles. The van der Waals surface area contributed by atoms with E-state index in [-0.39, 0.29) is 17.9 Å². The van der Waals surface area contributed by atoms with Crippen LogP contribution < -0.4 is 4.72 Å². The highest BCUT2D eigenvalue weighted by Gasteiger charge is 2.32. The van der Waals surface area contributed by atoms with E-state index in [1.165, 1.54) is 6.26 Å². The van der Waals surface area contributed by atoms with Crippen LogP contribution in [0.3, 0.4) is 0 Å². The van der Waals surface area contributed by atoms with Crippen LogP contribution in [0, 0.1) is 5.92 Å². The van der Waals surface area contributed by atoms with Crippen molar-refractivity contribution >= 4 is 15.9 Å². The molecule has 1 amide bonds. The number of nitrogens with zero attached hydrogens (tertiary/aromatic N) is 1. The van der Waals surface area contributed by atoms with Gasteiger partial charge in [0.15, 0.2) is 0 Å². The number of rotatable bonds is 4. The highest BCUT2D eigenvalue weighted by molar-refractivity contribution is 7.88. The van der Waals surface area contributed by atoms with Gasteiger partial charge in [-0.15, -0.1) is 0 Å². The number of piperidine rings is 1. The van der Waals surface area contributed by atoms with Crippen molar-refractivity contribution in [2.24, 2.45) is 5.92 Å². The van der Waals surface area contributed by atoms with Crippen LogP contribution >= 0.6 is 0 Å². The summed E-state index contributed by atoms with van der Waals surface area (Å²) in [5.74, 6) is 0.427. The first-order valence-corrected chi connectivity index (χ1v) is 9.11. The van der Waals surface area contributed by atoms with Gasteiger partial charge in [-0.25, -0.2) is 13.1 Å². The Bertz CT molecular complexity index is 416. The zero-order valence-electron chi connectivity index (χ0n) is 11.6. The van der Waals surface area contributed by atoms with E-state index in [2.05, 4.69) is 4.72 Å². The van der Waals surface area contributed by atoms with E-state index in [9.17, 15) is 13.2 Å². The van der Waals surface area contributed by atoms with E-state index in [0.717, 1.165) is 51.5 Å². The van der Waals surface area contributed by atoms with Gasteiger partial charge >= 0.3 is 0 Å². The summed E-state index contributed by atoms with van der Waals surface area (Å²) < 4.78 is 24.9. The average Bonchev–Trinajstić information content (AvgIpc) is 2.89. The molecule has 1 saturated carbocycles. The summed E-state index contributed by atoms with van der Waals surface area (Å²) >= 11 is 0. The van der Waals surface area contributed by atoms with Crippen LogP contribution in [-0.2, 0) is 14.8 Å². The summed E-state index contributed by atoms with van der Waals surface area (Å²) in [6.45, 7) is 1.14. The van der Waals surface area contributed by atoms with E-state index >= 15 is 0 Å². The van der Waals surface area contributed by atoms with Crippen molar-refractivity contribution in [3.05, 3.63) is 0 Å². The van der Waals surface area contributed by atoms with Crippen molar-refractivity contribution < 1.29 is 13.2 Å². The molecule has 2 rings (SSSR count). The smallest absolute Gasteiger partial charge is 0.225 e. The lowest BCUT2D eigenvalue weighted by Gasteiger charge is -2.37. The first-order chi connectivity index (χ1) is 8.97. The number of sulfonamides is 1. The number of hydrogen-bond donors (Lipinski definition) is 1. The SMILES string of the molecule is CS(=O)(=O)NCC1CCCCN1C(=O)C1CCCC1. The minimum absolute atomic E-state index is 0.0385. The number of amides is 1. The molecule has 0 radical (unpaired) electrons. The van der Waals surface area contributed by atoms with Crippen LogP contribution in [0.4, 0.5) is 0 Å². The molecule has 0 aromatic rings. The quantitative estimate of drug-likeness (QED) is 0.842. The summed E-state index contributed by atoms with van der Waals surface area (Å²) in [7, 11) is -3.18. The standard InChI is InChI=1S/C13H24N2O3S/c1-19(17,18)14-10-12-8-4-5-9-15(12)13(16)11-6-2-3-7-11/h11-12,14H,2-10H2,1H3. The van der Waals surface area contributed by atoms with Gasteiger partial charge in [-0.05, 0) is 32.1 Å². The second-order valence-electron chi connectivity index (χ2n) is 5.78. The van der Waals surface area contributed by atoms with Gasteiger partial charge in [0.1, 0.15) is 0 Å². The number of nitrogens with one attached hydrogen (secondary N) is 1. The highest BCUT2D eigenvalue weighted by atomic mass is 32.2. The van der Waals surface area contributed by atoms with E-state index in [1.54, 1.807) is 0 Å². The third-order valence-electron chi connectivity index (χ3n) is 4.20. The number of hydrogen-bond acceptors (Lipinski definition) is 3. The largest absolute Gasteiger partial charge is 0.338 e. The lowest BCUT2D eigenvalue weighted by molar-refractivity contribution is -0.138. The lowest BCUT2D eigenvalue weighted by atomic mass is 9.98. The first-order valence-electron chi connectivity index (χ1n) is 7.22. The van der Waals surface area contributed by atoms with Gasteiger partial charge in [-0.1, -0.05) is 12.8 Å². The molecule has 1 heterocycles. The molecule has 2 fully saturated rings. The highest BCUT2D eigenvalue weighted by Crippen LogP contribution is 2.29. The molecule has 5 nitrogen and oxygen atoms in total. The Morgan fingerprint density at radius 2 is 1.79 bits per heavy atom. The topological polar surface area (TPSA) is 66.5 Å². The third kappa shape index (κ3) is 4.18. The van der Waals surface area contributed by atoms with Crippen LogP contribution in [0.2, 0.25) is 0 Å². The van der Waals surface area contributed by atoms with Crippen LogP contribution in [0.25, 0.3) is 0 Å². The summed E-state index contributed by atoms with van der Waals surface area (Å²) in [5.41, 5.74) is 0. The molecule has 0 aromatic heterocycles. The second kappa shape index (κ2) is 6.22. The van der Waals surface area contributed by atoms with Gasteiger partial charge < -0.3 is 4.90 Å². The molecule has 0 spiro atoms. The molecular formula is C13H24N2O3S. The Hall–Kier alpha value is -0.620. The maximum Gasteiger partial charge on any atom is 0.225 e. The Morgan fingerprint density at radius 3 is 2.42 bits per heavy atom. The van der Waals surface area contributed by atoms with Gasteiger partial charge in [-0.3, -0.25) is 4.79 Å². The molecule has 1 saturated heterocycles. The average molecular weight is 288 g/mol. The van der Waals surface area contributed by atoms with Gasteiger partial charge in [0.05, 0.1) is 6.26 Å². The van der Waals surface area contributed by atoms with E-state index in [4.69, 9.17) is 0 Å². The summed E-state index contributed by atoms with van der Waals surface area (Å²) in [6.07, 6.45) is 8.48. The molecule has 0 bridgehead atoms. The fourth-order valence-corrected chi connectivity index (χ4v) is 3.65. The van der Waals surface area contributed by atoms with Gasteiger partial charge in [-0.2, -0.15) is 0 Å². The van der Waals surface area contributed by atoms with Crippen LogP contribution in [-0.4, -0.2) is 44.6 Å². The van der Waals surface area contributed by atoms with Crippen LogP contribution in [0.1, 0.15) is 44.9 Å². The zero-order valence-corrected chi connectivity index (χ0v) is 12.4. The predicted molar refractivity (Wildman–Crippen MR) is 74.2 cm³/mol. The van der Waals surface area contributed by atoms with Gasteiger partial charge in [0.25, 0.3) is 0 Å². The Kier molecular flexibility index (Phi) is 4.84. The molecule has 0 aromatic carbocycles. The number of likely N-dealkylation sites (tertiary alicyclic amines) is 1. The monoisotopic (exact) mass is 288 g/mol. The summed E-state index contributed by atoms with van der Waals surface area (Å²) in [4.78, 5) is 14.4. The van der Waals surface area contributed by atoms with Gasteiger partial charge in [0, 0.05) is 25.0 Å². The predicted octanol–water partition coefficient (Wildman–Crippen LogP) is 1.11. The molecule has 1 unspecified atom stereocenters. The Morgan fingerprint density at radius 1 is 1.16 bits per heavy atom. The summed E-state index contributed by atoms with van der Waals surface area (Å²) in [6, 6.07) is 0.0385. The van der Waals surface area contributed by atoms with Crippen LogP contribution in [0.5, 0.6) is 0 Å². The van der Waals surface area contributed by atoms with Crippen LogP contribution in [0.15, 0.2) is 0 Å². The van der Waals surface area contributed by atoms with Crippen molar-refractivity contribution in [2.75, 3.05) is 19.3 Å². The molecule has 1 atom stereocenters. The van der Waals surface area contributed by atoms with Crippen molar-refractivity contribution in [2.45, 2.75) is 51.0 Å². The Balaban J connectivity index is 1.96. The maximum atomic E-state index is 12.5. The molecule has 6 heteroatoms. The minimum atomic E-state index is -3.18. The van der Waals surface area contributed by atoms with Crippen molar-refractivity contribution in [1.29, 1.82) is 0 Å².